The molecule has 1 fully saturated rings. The Labute approximate surface area is 117 Å². The molecule has 0 radical (unpaired) electrons. The molecule has 1 aliphatic rings. The van der Waals surface area contributed by atoms with E-state index >= 15 is 0 Å². The Bertz CT molecular complexity index is 481. The van der Waals surface area contributed by atoms with Crippen LogP contribution in [0.3, 0.4) is 0 Å². The van der Waals surface area contributed by atoms with E-state index in [1.54, 1.807) is 12.1 Å². The number of nitrogens with one attached hydrogen (secondary N) is 1. The van der Waals surface area contributed by atoms with E-state index in [-0.39, 0.29) is 17.6 Å². The largest absolute Gasteiger partial charge is 0.341 e. The van der Waals surface area contributed by atoms with E-state index in [1.807, 2.05) is 11.8 Å². The number of non-ortho nitro benzene ring substituents is 1. The number of carbonyl (C=O) groups excluding carboxylic acids is 1. The molecule has 0 aromatic heterocycles. The van der Waals surface area contributed by atoms with Gasteiger partial charge in [-0.15, -0.1) is 0 Å². The molecule has 1 saturated heterocycles. The third kappa shape index (κ3) is 3.54. The molecule has 0 saturated carbocycles. The maximum absolute atomic E-state index is 12.1. The highest BCUT2D eigenvalue weighted by atomic mass is 16.6. The first-order valence-corrected chi connectivity index (χ1v) is 6.83. The summed E-state index contributed by atoms with van der Waals surface area (Å²) >= 11 is 0. The first-order chi connectivity index (χ1) is 9.58. The van der Waals surface area contributed by atoms with Crippen molar-refractivity contribution in [2.75, 3.05) is 13.1 Å². The average molecular weight is 277 g/mol. The fourth-order valence-corrected chi connectivity index (χ4v) is 2.31. The molecule has 20 heavy (non-hydrogen) atoms. The van der Waals surface area contributed by atoms with Crippen LogP contribution in [0.1, 0.15) is 25.3 Å². The van der Waals surface area contributed by atoms with Crippen molar-refractivity contribution in [2.45, 2.75) is 32.4 Å². The summed E-state index contributed by atoms with van der Waals surface area (Å²) in [6, 6.07) is 6.13. The summed E-state index contributed by atoms with van der Waals surface area (Å²) in [4.78, 5) is 24.1. The summed E-state index contributed by atoms with van der Waals surface area (Å²) in [7, 11) is 0. The molecule has 1 amide bonds. The SMILES string of the molecule is CC(NCc1ccc([N+](=O)[O-])cc1)C(=O)N1CCCC1. The molecule has 1 N–H and O–H groups in total. The molecule has 108 valence electrons. The van der Waals surface area contributed by atoms with Crippen LogP contribution >= 0.6 is 0 Å². The molecule has 6 heteroatoms. The van der Waals surface area contributed by atoms with Gasteiger partial charge in [-0.05, 0) is 25.3 Å². The molecule has 1 aromatic carbocycles. The summed E-state index contributed by atoms with van der Waals surface area (Å²) in [5.74, 6) is 0.129. The predicted octanol–water partition coefficient (Wildman–Crippen LogP) is 1.70. The lowest BCUT2D eigenvalue weighted by Crippen LogP contribution is -2.43. The second-order valence-electron chi connectivity index (χ2n) is 5.06. The quantitative estimate of drug-likeness (QED) is 0.656. The first-order valence-electron chi connectivity index (χ1n) is 6.83. The molecule has 0 bridgehead atoms. The monoisotopic (exact) mass is 277 g/mol. The third-order valence-corrected chi connectivity index (χ3v) is 3.55. The van der Waals surface area contributed by atoms with E-state index in [0.29, 0.717) is 6.54 Å². The van der Waals surface area contributed by atoms with Gasteiger partial charge in [-0.2, -0.15) is 0 Å². The maximum atomic E-state index is 12.1. The lowest BCUT2D eigenvalue weighted by molar-refractivity contribution is -0.384. The summed E-state index contributed by atoms with van der Waals surface area (Å²) < 4.78 is 0. The molecule has 6 nitrogen and oxygen atoms in total. The molecular formula is C14H19N3O3. The zero-order chi connectivity index (χ0) is 14.5. The fourth-order valence-electron chi connectivity index (χ4n) is 2.31. The Hall–Kier alpha value is -1.95. The number of nitro groups is 1. The molecule has 1 aliphatic heterocycles. The Kier molecular flexibility index (Phi) is 4.68. The van der Waals surface area contributed by atoms with Crippen molar-refractivity contribution < 1.29 is 9.72 Å². The number of rotatable bonds is 5. The van der Waals surface area contributed by atoms with Crippen molar-refractivity contribution in [3.05, 3.63) is 39.9 Å². The smallest absolute Gasteiger partial charge is 0.269 e. The Morgan fingerprint density at radius 3 is 2.50 bits per heavy atom. The molecule has 0 spiro atoms. The van der Waals surface area contributed by atoms with Gasteiger partial charge in [0.25, 0.3) is 5.69 Å². The first kappa shape index (κ1) is 14.5. The Morgan fingerprint density at radius 2 is 1.95 bits per heavy atom. The topological polar surface area (TPSA) is 75.5 Å². The van der Waals surface area contributed by atoms with Crippen LogP contribution in [-0.2, 0) is 11.3 Å². The highest BCUT2D eigenvalue weighted by Crippen LogP contribution is 2.12. The standard InChI is InChI=1S/C14H19N3O3/c1-11(14(18)16-8-2-3-9-16)15-10-12-4-6-13(7-5-12)17(19)20/h4-7,11,15H,2-3,8-10H2,1H3. The second-order valence-corrected chi connectivity index (χ2v) is 5.06. The van der Waals surface area contributed by atoms with E-state index in [1.165, 1.54) is 12.1 Å². The second kappa shape index (κ2) is 6.47. The lowest BCUT2D eigenvalue weighted by Gasteiger charge is -2.21. The van der Waals surface area contributed by atoms with Crippen molar-refractivity contribution in [3.8, 4) is 0 Å². The van der Waals surface area contributed by atoms with Crippen LogP contribution in [0, 0.1) is 10.1 Å². The van der Waals surface area contributed by atoms with Crippen molar-refractivity contribution in [3.63, 3.8) is 0 Å². The van der Waals surface area contributed by atoms with E-state index in [0.717, 1.165) is 31.5 Å². The minimum atomic E-state index is -0.420. The molecule has 1 atom stereocenters. The number of nitrogens with zero attached hydrogens (tertiary/aromatic N) is 2. The summed E-state index contributed by atoms with van der Waals surface area (Å²) in [6.45, 7) is 4.08. The number of hydrogen-bond acceptors (Lipinski definition) is 4. The Balaban J connectivity index is 1.84. The van der Waals surface area contributed by atoms with Crippen LogP contribution in [0.2, 0.25) is 0 Å². The summed E-state index contributed by atoms with van der Waals surface area (Å²) in [5, 5.41) is 13.7. The number of nitro benzene ring substituents is 1. The normalized spacial score (nSPS) is 16.1. The number of amides is 1. The van der Waals surface area contributed by atoms with Crippen molar-refractivity contribution in [1.29, 1.82) is 0 Å². The number of carbonyl (C=O) groups is 1. The molecule has 1 heterocycles. The highest BCUT2D eigenvalue weighted by molar-refractivity contribution is 5.81. The van der Waals surface area contributed by atoms with Crippen LogP contribution in [0.25, 0.3) is 0 Å². The third-order valence-electron chi connectivity index (χ3n) is 3.55. The van der Waals surface area contributed by atoms with Crippen LogP contribution in [0.5, 0.6) is 0 Å². The van der Waals surface area contributed by atoms with Crippen molar-refractivity contribution in [2.24, 2.45) is 0 Å². The van der Waals surface area contributed by atoms with Gasteiger partial charge in [0.15, 0.2) is 0 Å². The molecule has 1 unspecified atom stereocenters. The van der Waals surface area contributed by atoms with Gasteiger partial charge in [-0.1, -0.05) is 12.1 Å². The van der Waals surface area contributed by atoms with Gasteiger partial charge in [0.1, 0.15) is 0 Å². The zero-order valence-electron chi connectivity index (χ0n) is 11.5. The van der Waals surface area contributed by atoms with Crippen LogP contribution in [0.4, 0.5) is 5.69 Å². The highest BCUT2D eigenvalue weighted by Gasteiger charge is 2.22. The number of hydrogen-bond donors (Lipinski definition) is 1. The average Bonchev–Trinajstić information content (AvgIpc) is 2.98. The van der Waals surface area contributed by atoms with E-state index < -0.39 is 4.92 Å². The molecular weight excluding hydrogens is 258 g/mol. The fraction of sp³-hybridized carbons (Fsp3) is 0.500. The predicted molar refractivity (Wildman–Crippen MR) is 75.2 cm³/mol. The molecule has 1 aromatic rings. The minimum absolute atomic E-state index is 0.0786. The van der Waals surface area contributed by atoms with Gasteiger partial charge in [0.2, 0.25) is 5.91 Å². The van der Waals surface area contributed by atoms with E-state index in [9.17, 15) is 14.9 Å². The van der Waals surface area contributed by atoms with Gasteiger partial charge < -0.3 is 10.2 Å². The maximum Gasteiger partial charge on any atom is 0.269 e. The van der Waals surface area contributed by atoms with Gasteiger partial charge in [-0.3, -0.25) is 14.9 Å². The van der Waals surface area contributed by atoms with Crippen molar-refractivity contribution >= 4 is 11.6 Å². The summed E-state index contributed by atoms with van der Waals surface area (Å²) in [6.07, 6.45) is 2.17. The van der Waals surface area contributed by atoms with E-state index in [2.05, 4.69) is 5.32 Å². The zero-order valence-corrected chi connectivity index (χ0v) is 11.5. The minimum Gasteiger partial charge on any atom is -0.341 e. The molecule has 2 rings (SSSR count). The van der Waals surface area contributed by atoms with Crippen LogP contribution in [0.15, 0.2) is 24.3 Å². The van der Waals surface area contributed by atoms with E-state index in [4.69, 9.17) is 0 Å². The van der Waals surface area contributed by atoms with Gasteiger partial charge in [-0.25, -0.2) is 0 Å². The molecule has 0 aliphatic carbocycles. The van der Waals surface area contributed by atoms with Crippen LogP contribution < -0.4 is 5.32 Å². The number of benzene rings is 1. The summed E-state index contributed by atoms with van der Waals surface area (Å²) in [5.41, 5.74) is 1.01. The Morgan fingerprint density at radius 1 is 1.35 bits per heavy atom. The van der Waals surface area contributed by atoms with Crippen molar-refractivity contribution in [1.82, 2.24) is 10.2 Å². The number of likely N-dealkylation sites (tertiary alicyclic amines) is 1. The van der Waals surface area contributed by atoms with Gasteiger partial charge in [0.05, 0.1) is 11.0 Å². The van der Waals surface area contributed by atoms with Gasteiger partial charge >= 0.3 is 0 Å². The lowest BCUT2D eigenvalue weighted by atomic mass is 10.2. The van der Waals surface area contributed by atoms with Crippen LogP contribution in [-0.4, -0.2) is 34.9 Å². The van der Waals surface area contributed by atoms with Gasteiger partial charge in [0, 0.05) is 31.8 Å².